The lowest BCUT2D eigenvalue weighted by Crippen LogP contribution is -2.48. The van der Waals surface area contributed by atoms with Crippen molar-refractivity contribution >= 4 is 5.84 Å². The largest absolute Gasteiger partial charge is 0.409 e. The molecule has 1 aliphatic heterocycles. The van der Waals surface area contributed by atoms with E-state index in [1.165, 1.54) is 0 Å². The van der Waals surface area contributed by atoms with Crippen LogP contribution in [0.15, 0.2) is 5.16 Å². The number of rotatable bonds is 6. The van der Waals surface area contributed by atoms with E-state index in [1.807, 2.05) is 13.8 Å². The standard InChI is InChI=1S/C12H26N4O2/c1-12(2,11(13)14-18)3-4-15-5-7-16(8-6-15)9-10-17/h17-18H,3-10H2,1-2H3,(H2,13,14). The second-order valence-electron chi connectivity index (χ2n) is 5.53. The zero-order chi connectivity index (χ0) is 13.6. The maximum Gasteiger partial charge on any atom is 0.144 e. The van der Waals surface area contributed by atoms with Gasteiger partial charge in [-0.2, -0.15) is 0 Å². The fourth-order valence-electron chi connectivity index (χ4n) is 2.08. The SMILES string of the molecule is CC(C)(CCN1CCN(CCO)CC1)C(N)=NO. The lowest BCUT2D eigenvalue weighted by molar-refractivity contribution is 0.107. The van der Waals surface area contributed by atoms with E-state index in [2.05, 4.69) is 15.0 Å². The fraction of sp³-hybridized carbons (Fsp3) is 0.917. The Balaban J connectivity index is 2.29. The van der Waals surface area contributed by atoms with E-state index in [0.29, 0.717) is 5.84 Å². The second-order valence-corrected chi connectivity index (χ2v) is 5.53. The van der Waals surface area contributed by atoms with Crippen molar-refractivity contribution in [1.82, 2.24) is 9.80 Å². The van der Waals surface area contributed by atoms with Crippen LogP contribution in [0.1, 0.15) is 20.3 Å². The van der Waals surface area contributed by atoms with Crippen molar-refractivity contribution in [3.05, 3.63) is 0 Å². The van der Waals surface area contributed by atoms with E-state index in [-0.39, 0.29) is 12.0 Å². The first-order chi connectivity index (χ1) is 8.49. The Morgan fingerprint density at radius 1 is 1.17 bits per heavy atom. The molecule has 0 spiro atoms. The summed E-state index contributed by atoms with van der Waals surface area (Å²) in [5, 5.41) is 20.7. The van der Waals surface area contributed by atoms with Gasteiger partial charge < -0.3 is 20.9 Å². The van der Waals surface area contributed by atoms with Gasteiger partial charge in [-0.1, -0.05) is 19.0 Å². The molecule has 0 atom stereocenters. The van der Waals surface area contributed by atoms with Crippen molar-refractivity contribution in [3.63, 3.8) is 0 Å². The fourth-order valence-corrected chi connectivity index (χ4v) is 2.08. The van der Waals surface area contributed by atoms with Crippen molar-refractivity contribution in [2.75, 3.05) is 45.9 Å². The highest BCUT2D eigenvalue weighted by Gasteiger charge is 2.25. The molecule has 0 aromatic rings. The van der Waals surface area contributed by atoms with Crippen molar-refractivity contribution < 1.29 is 10.3 Å². The smallest absolute Gasteiger partial charge is 0.144 e. The molecule has 1 fully saturated rings. The van der Waals surface area contributed by atoms with Crippen LogP contribution < -0.4 is 5.73 Å². The van der Waals surface area contributed by atoms with Crippen LogP contribution in [0, 0.1) is 5.41 Å². The van der Waals surface area contributed by atoms with E-state index < -0.39 is 0 Å². The highest BCUT2D eigenvalue weighted by molar-refractivity contribution is 5.85. The van der Waals surface area contributed by atoms with Crippen molar-refractivity contribution in [1.29, 1.82) is 0 Å². The van der Waals surface area contributed by atoms with Crippen molar-refractivity contribution in [2.24, 2.45) is 16.3 Å². The average Bonchev–Trinajstić information content (AvgIpc) is 2.37. The quantitative estimate of drug-likeness (QED) is 0.265. The van der Waals surface area contributed by atoms with E-state index >= 15 is 0 Å². The summed E-state index contributed by atoms with van der Waals surface area (Å²) in [5.41, 5.74) is 5.41. The van der Waals surface area contributed by atoms with Crippen LogP contribution in [0.5, 0.6) is 0 Å². The maximum absolute atomic E-state index is 8.88. The van der Waals surface area contributed by atoms with Gasteiger partial charge in [0.1, 0.15) is 5.84 Å². The van der Waals surface area contributed by atoms with Crippen LogP contribution in [0.4, 0.5) is 0 Å². The summed E-state index contributed by atoms with van der Waals surface area (Å²) in [7, 11) is 0. The summed E-state index contributed by atoms with van der Waals surface area (Å²) in [6.45, 7) is 9.98. The van der Waals surface area contributed by atoms with Crippen LogP contribution in [-0.4, -0.2) is 71.8 Å². The number of nitrogens with two attached hydrogens (primary N) is 1. The van der Waals surface area contributed by atoms with Gasteiger partial charge in [0.05, 0.1) is 6.61 Å². The molecule has 106 valence electrons. The predicted molar refractivity (Wildman–Crippen MR) is 71.8 cm³/mol. The number of β-amino-alcohol motifs (C(OH)–C–C–N with tert-alkyl or cyclic N) is 1. The third-order valence-electron chi connectivity index (χ3n) is 3.74. The second kappa shape index (κ2) is 6.92. The monoisotopic (exact) mass is 258 g/mol. The third-order valence-corrected chi connectivity index (χ3v) is 3.74. The molecule has 18 heavy (non-hydrogen) atoms. The van der Waals surface area contributed by atoms with Gasteiger partial charge in [0.25, 0.3) is 0 Å². The van der Waals surface area contributed by atoms with Gasteiger partial charge in [-0.05, 0) is 13.0 Å². The summed E-state index contributed by atoms with van der Waals surface area (Å²) < 4.78 is 0. The molecule has 6 heteroatoms. The average molecular weight is 258 g/mol. The third kappa shape index (κ3) is 4.44. The molecule has 0 aromatic carbocycles. The first-order valence-electron chi connectivity index (χ1n) is 6.53. The Hall–Kier alpha value is -0.850. The molecule has 0 aromatic heterocycles. The molecule has 1 saturated heterocycles. The minimum absolute atomic E-state index is 0.233. The first-order valence-corrected chi connectivity index (χ1v) is 6.53. The molecular weight excluding hydrogens is 232 g/mol. The molecule has 0 amide bonds. The molecule has 1 heterocycles. The predicted octanol–water partition coefficient (Wildman–Crippen LogP) is -0.241. The number of nitrogens with zero attached hydrogens (tertiary/aromatic N) is 3. The lowest BCUT2D eigenvalue weighted by atomic mass is 9.88. The Morgan fingerprint density at radius 3 is 2.11 bits per heavy atom. The first kappa shape index (κ1) is 15.2. The summed E-state index contributed by atoms with van der Waals surface area (Å²) in [5.74, 6) is 0.293. The molecule has 0 saturated carbocycles. The number of hydrogen-bond donors (Lipinski definition) is 3. The zero-order valence-electron chi connectivity index (χ0n) is 11.5. The number of piperazine rings is 1. The number of aliphatic hydroxyl groups is 1. The van der Waals surface area contributed by atoms with Crippen LogP contribution >= 0.6 is 0 Å². The van der Waals surface area contributed by atoms with E-state index in [1.54, 1.807) is 0 Å². The number of amidine groups is 1. The maximum atomic E-state index is 8.88. The Bertz CT molecular complexity index is 273. The van der Waals surface area contributed by atoms with Gasteiger partial charge in [0, 0.05) is 38.1 Å². The lowest BCUT2D eigenvalue weighted by Gasteiger charge is -2.36. The van der Waals surface area contributed by atoms with E-state index in [4.69, 9.17) is 16.0 Å². The summed E-state index contributed by atoms with van der Waals surface area (Å²) >= 11 is 0. The van der Waals surface area contributed by atoms with Gasteiger partial charge in [-0.25, -0.2) is 0 Å². The van der Waals surface area contributed by atoms with Gasteiger partial charge >= 0.3 is 0 Å². The summed E-state index contributed by atoms with van der Waals surface area (Å²) in [4.78, 5) is 4.66. The molecular formula is C12H26N4O2. The van der Waals surface area contributed by atoms with Crippen LogP contribution in [0.2, 0.25) is 0 Å². The molecule has 6 nitrogen and oxygen atoms in total. The Morgan fingerprint density at radius 2 is 1.67 bits per heavy atom. The Kier molecular flexibility index (Phi) is 5.84. The van der Waals surface area contributed by atoms with Gasteiger partial charge in [0.15, 0.2) is 0 Å². The Labute approximate surface area is 109 Å². The zero-order valence-corrected chi connectivity index (χ0v) is 11.5. The number of hydrogen-bond acceptors (Lipinski definition) is 5. The molecule has 0 bridgehead atoms. The van der Waals surface area contributed by atoms with E-state index in [0.717, 1.165) is 45.7 Å². The molecule has 0 radical (unpaired) electrons. The molecule has 1 rings (SSSR count). The summed E-state index contributed by atoms with van der Waals surface area (Å²) in [6.07, 6.45) is 0.878. The van der Waals surface area contributed by atoms with E-state index in [9.17, 15) is 0 Å². The van der Waals surface area contributed by atoms with Gasteiger partial charge in [0.2, 0.25) is 0 Å². The number of oxime groups is 1. The topological polar surface area (TPSA) is 85.3 Å². The molecule has 1 aliphatic rings. The van der Waals surface area contributed by atoms with Crippen LogP contribution in [0.25, 0.3) is 0 Å². The van der Waals surface area contributed by atoms with Crippen molar-refractivity contribution in [3.8, 4) is 0 Å². The summed E-state index contributed by atoms with van der Waals surface area (Å²) in [6, 6.07) is 0. The number of aliphatic hydroxyl groups excluding tert-OH is 1. The molecule has 4 N–H and O–H groups in total. The van der Waals surface area contributed by atoms with Crippen LogP contribution in [0.3, 0.4) is 0 Å². The molecule has 0 unspecified atom stereocenters. The minimum atomic E-state index is -0.267. The van der Waals surface area contributed by atoms with Gasteiger partial charge in [-0.15, -0.1) is 0 Å². The highest BCUT2D eigenvalue weighted by Crippen LogP contribution is 2.21. The highest BCUT2D eigenvalue weighted by atomic mass is 16.4. The molecule has 0 aliphatic carbocycles. The van der Waals surface area contributed by atoms with Crippen molar-refractivity contribution in [2.45, 2.75) is 20.3 Å². The minimum Gasteiger partial charge on any atom is -0.409 e. The van der Waals surface area contributed by atoms with Gasteiger partial charge in [-0.3, -0.25) is 4.90 Å². The van der Waals surface area contributed by atoms with Crippen LogP contribution in [-0.2, 0) is 0 Å². The normalized spacial score (nSPS) is 20.3.